The van der Waals surface area contributed by atoms with Gasteiger partial charge in [-0.3, -0.25) is 4.99 Å². The molecule has 2 heterocycles. The van der Waals surface area contributed by atoms with E-state index in [-0.39, 0.29) is 4.75 Å². The van der Waals surface area contributed by atoms with E-state index in [2.05, 4.69) is 45.5 Å². The minimum atomic E-state index is 0.213. The third kappa shape index (κ3) is 5.37. The highest BCUT2D eigenvalue weighted by atomic mass is 32.2. The molecule has 24 heavy (non-hydrogen) atoms. The Morgan fingerprint density at radius 2 is 2.17 bits per heavy atom. The van der Waals surface area contributed by atoms with Crippen LogP contribution < -0.4 is 10.6 Å². The molecule has 1 aliphatic rings. The van der Waals surface area contributed by atoms with Crippen molar-refractivity contribution < 1.29 is 4.74 Å². The topological polar surface area (TPSA) is 76.4 Å². The fraction of sp³-hybridized carbons (Fsp3) is 0.812. The monoisotopic (exact) mass is 354 g/mol. The van der Waals surface area contributed by atoms with Gasteiger partial charge in [0.25, 0.3) is 0 Å². The highest BCUT2D eigenvalue weighted by molar-refractivity contribution is 8.00. The molecule has 136 valence electrons. The van der Waals surface area contributed by atoms with E-state index in [1.54, 1.807) is 6.33 Å². The maximum Gasteiger partial charge on any atom is 0.191 e. The van der Waals surface area contributed by atoms with Gasteiger partial charge < -0.3 is 19.9 Å². The number of aryl methyl sites for hydroxylation is 1. The molecule has 8 heteroatoms. The van der Waals surface area contributed by atoms with Gasteiger partial charge >= 0.3 is 0 Å². The zero-order valence-corrected chi connectivity index (χ0v) is 15.9. The van der Waals surface area contributed by atoms with Crippen LogP contribution in [0.15, 0.2) is 11.3 Å². The molecular formula is C16H30N6OS. The molecule has 1 saturated heterocycles. The Labute approximate surface area is 149 Å². The van der Waals surface area contributed by atoms with Crippen LogP contribution in [0.25, 0.3) is 0 Å². The summed E-state index contributed by atoms with van der Waals surface area (Å²) < 4.78 is 7.80. The molecule has 2 N–H and O–H groups in total. The molecule has 0 atom stereocenters. The number of nitrogens with one attached hydrogen (secondary N) is 2. The number of thioether (sulfide) groups is 1. The van der Waals surface area contributed by atoms with Crippen molar-refractivity contribution in [1.82, 2.24) is 25.4 Å². The number of aromatic nitrogens is 3. The summed E-state index contributed by atoms with van der Waals surface area (Å²) in [6, 6.07) is 0. The van der Waals surface area contributed by atoms with Crippen molar-refractivity contribution in [1.29, 1.82) is 0 Å². The third-order valence-corrected chi connectivity index (χ3v) is 5.77. The number of aliphatic imine (C=N–C) groups is 1. The lowest BCUT2D eigenvalue weighted by molar-refractivity contribution is 0.0794. The van der Waals surface area contributed by atoms with Crippen molar-refractivity contribution in [2.75, 3.05) is 39.1 Å². The average Bonchev–Trinajstić information content (AvgIpc) is 3.08. The quantitative estimate of drug-likeness (QED) is 0.541. The second-order valence-electron chi connectivity index (χ2n) is 5.92. The molecule has 0 radical (unpaired) electrons. The van der Waals surface area contributed by atoms with Crippen molar-refractivity contribution >= 4 is 17.7 Å². The van der Waals surface area contributed by atoms with Crippen LogP contribution in [0.1, 0.15) is 32.5 Å². The molecule has 1 aromatic rings. The van der Waals surface area contributed by atoms with Crippen LogP contribution in [0.3, 0.4) is 0 Å². The van der Waals surface area contributed by atoms with Crippen LogP contribution in [-0.4, -0.2) is 64.6 Å². The highest BCUT2D eigenvalue weighted by Gasteiger charge is 2.31. The SMILES string of the molecule is CCNC(=NCC1(SC)CCOCC1)NCCn1cnnc1CC. The molecule has 2 rings (SSSR count). The number of hydrogen-bond acceptors (Lipinski definition) is 5. The fourth-order valence-corrected chi connectivity index (χ4v) is 3.54. The molecule has 7 nitrogen and oxygen atoms in total. The second-order valence-corrected chi connectivity index (χ2v) is 7.19. The first-order chi connectivity index (χ1) is 11.7. The Balaban J connectivity index is 1.88. The largest absolute Gasteiger partial charge is 0.381 e. The number of ether oxygens (including phenoxy) is 1. The normalized spacial score (nSPS) is 17.7. The minimum Gasteiger partial charge on any atom is -0.381 e. The van der Waals surface area contributed by atoms with Crippen LogP contribution >= 0.6 is 11.8 Å². The van der Waals surface area contributed by atoms with Gasteiger partial charge in [0.05, 0.1) is 6.54 Å². The lowest BCUT2D eigenvalue weighted by Gasteiger charge is -2.34. The predicted octanol–water partition coefficient (Wildman–Crippen LogP) is 1.31. The first kappa shape index (κ1) is 19.1. The fourth-order valence-electron chi connectivity index (χ4n) is 2.77. The summed E-state index contributed by atoms with van der Waals surface area (Å²) in [4.78, 5) is 4.82. The summed E-state index contributed by atoms with van der Waals surface area (Å²) in [5.74, 6) is 1.89. The van der Waals surface area contributed by atoms with E-state index in [0.717, 1.165) is 70.4 Å². The maximum absolute atomic E-state index is 5.50. The highest BCUT2D eigenvalue weighted by Crippen LogP contribution is 2.33. The van der Waals surface area contributed by atoms with Crippen molar-refractivity contribution in [2.45, 2.75) is 44.4 Å². The third-order valence-electron chi connectivity index (χ3n) is 4.36. The van der Waals surface area contributed by atoms with Gasteiger partial charge in [-0.25, -0.2) is 0 Å². The smallest absolute Gasteiger partial charge is 0.191 e. The Morgan fingerprint density at radius 3 is 2.83 bits per heavy atom. The maximum atomic E-state index is 5.50. The van der Waals surface area contributed by atoms with Crippen LogP contribution in [0.2, 0.25) is 0 Å². The molecular weight excluding hydrogens is 324 g/mol. The van der Waals surface area contributed by atoms with Crippen LogP contribution in [-0.2, 0) is 17.7 Å². The summed E-state index contributed by atoms with van der Waals surface area (Å²) in [5, 5.41) is 14.8. The Morgan fingerprint density at radius 1 is 1.38 bits per heavy atom. The van der Waals surface area contributed by atoms with Crippen LogP contribution in [0, 0.1) is 0 Å². The van der Waals surface area contributed by atoms with E-state index in [1.165, 1.54) is 0 Å². The van der Waals surface area contributed by atoms with Gasteiger partial charge in [-0.15, -0.1) is 10.2 Å². The molecule has 1 aliphatic heterocycles. The predicted molar refractivity (Wildman–Crippen MR) is 99.7 cm³/mol. The molecule has 1 aromatic heterocycles. The number of rotatable bonds is 8. The average molecular weight is 355 g/mol. The standard InChI is InChI=1S/C16H30N6OS/c1-4-14-21-20-13-22(14)9-8-18-15(17-5-2)19-12-16(24-3)6-10-23-11-7-16/h13H,4-12H2,1-3H3,(H2,17,18,19). The molecule has 0 bridgehead atoms. The van der Waals surface area contributed by atoms with E-state index >= 15 is 0 Å². The molecule has 1 fully saturated rings. The molecule has 0 amide bonds. The van der Waals surface area contributed by atoms with Crippen LogP contribution in [0.5, 0.6) is 0 Å². The first-order valence-corrected chi connectivity index (χ1v) is 9.97. The van der Waals surface area contributed by atoms with Crippen molar-refractivity contribution in [2.24, 2.45) is 4.99 Å². The van der Waals surface area contributed by atoms with E-state index < -0.39 is 0 Å². The van der Waals surface area contributed by atoms with Crippen molar-refractivity contribution in [3.8, 4) is 0 Å². The van der Waals surface area contributed by atoms with Gasteiger partial charge in [0, 0.05) is 44.0 Å². The van der Waals surface area contributed by atoms with Crippen molar-refractivity contribution in [3.63, 3.8) is 0 Å². The van der Waals surface area contributed by atoms with Gasteiger partial charge in [-0.1, -0.05) is 6.92 Å². The minimum absolute atomic E-state index is 0.213. The van der Waals surface area contributed by atoms with E-state index in [4.69, 9.17) is 9.73 Å². The Hall–Kier alpha value is -1.28. The summed E-state index contributed by atoms with van der Waals surface area (Å²) in [6.45, 7) is 9.17. The molecule has 0 aliphatic carbocycles. The molecule has 0 spiro atoms. The number of guanidine groups is 1. The summed E-state index contributed by atoms with van der Waals surface area (Å²) in [5.41, 5.74) is 0. The summed E-state index contributed by atoms with van der Waals surface area (Å²) >= 11 is 1.92. The lowest BCUT2D eigenvalue weighted by atomic mass is 9.99. The number of hydrogen-bond donors (Lipinski definition) is 2. The van der Waals surface area contributed by atoms with Crippen molar-refractivity contribution in [3.05, 3.63) is 12.2 Å². The first-order valence-electron chi connectivity index (χ1n) is 8.74. The molecule has 0 aromatic carbocycles. The summed E-state index contributed by atoms with van der Waals surface area (Å²) in [6.07, 6.45) is 7.00. The van der Waals surface area contributed by atoms with Gasteiger partial charge in [-0.2, -0.15) is 11.8 Å². The number of nitrogens with zero attached hydrogens (tertiary/aromatic N) is 4. The van der Waals surface area contributed by atoms with E-state index in [9.17, 15) is 0 Å². The molecule has 0 saturated carbocycles. The van der Waals surface area contributed by atoms with Gasteiger partial charge in [-0.05, 0) is 26.0 Å². The van der Waals surface area contributed by atoms with E-state index in [0.29, 0.717) is 0 Å². The zero-order valence-electron chi connectivity index (χ0n) is 15.0. The lowest BCUT2D eigenvalue weighted by Crippen LogP contribution is -2.41. The van der Waals surface area contributed by atoms with Crippen LogP contribution in [0.4, 0.5) is 0 Å². The Bertz CT molecular complexity index is 512. The van der Waals surface area contributed by atoms with Gasteiger partial charge in [0.15, 0.2) is 5.96 Å². The van der Waals surface area contributed by atoms with Gasteiger partial charge in [0.2, 0.25) is 0 Å². The molecule has 0 unspecified atom stereocenters. The second kappa shape index (κ2) is 9.88. The van der Waals surface area contributed by atoms with E-state index in [1.807, 2.05) is 11.8 Å². The van der Waals surface area contributed by atoms with Gasteiger partial charge in [0.1, 0.15) is 12.2 Å². The zero-order chi connectivity index (χ0) is 17.3. The Kier molecular flexibility index (Phi) is 7.84. The summed E-state index contributed by atoms with van der Waals surface area (Å²) in [7, 11) is 0.